The Morgan fingerprint density at radius 3 is 2.59 bits per heavy atom. The molecule has 2 aromatic rings. The van der Waals surface area contributed by atoms with Crippen molar-refractivity contribution in [2.24, 2.45) is 5.10 Å². The molecule has 0 radical (unpaired) electrons. The predicted molar refractivity (Wildman–Crippen MR) is 94.9 cm³/mol. The standard InChI is InChI=1S/C18H18F3N3O3/c1-11(15-7-6-14(27-2)9-16(15)25)23-24-17(26)10-22-13-5-3-4-12(8-13)18(19,20)21/h3-9,22,25H,10H2,1-2H3,(H,24,26)/b23-11+. The number of hydrazone groups is 1. The number of nitrogens with zero attached hydrogens (tertiary/aromatic N) is 1. The number of alkyl halides is 3. The number of carbonyl (C=O) groups is 1. The van der Waals surface area contributed by atoms with Gasteiger partial charge < -0.3 is 15.2 Å². The zero-order chi connectivity index (χ0) is 20.0. The summed E-state index contributed by atoms with van der Waals surface area (Å²) < 4.78 is 43.0. The average Bonchev–Trinajstić information content (AvgIpc) is 2.63. The Labute approximate surface area is 153 Å². The predicted octanol–water partition coefficient (Wildman–Crippen LogP) is 3.37. The number of halogens is 3. The van der Waals surface area contributed by atoms with Gasteiger partial charge in [0.1, 0.15) is 11.5 Å². The molecule has 0 bridgehead atoms. The minimum atomic E-state index is -4.46. The van der Waals surface area contributed by atoms with E-state index in [0.717, 1.165) is 12.1 Å². The molecule has 0 aliphatic rings. The van der Waals surface area contributed by atoms with Crippen LogP contribution in [0.25, 0.3) is 0 Å². The summed E-state index contributed by atoms with van der Waals surface area (Å²) in [6.07, 6.45) is -4.46. The van der Waals surface area contributed by atoms with Crippen molar-refractivity contribution >= 4 is 17.3 Å². The van der Waals surface area contributed by atoms with Gasteiger partial charge in [0, 0.05) is 17.3 Å². The van der Waals surface area contributed by atoms with Crippen LogP contribution in [-0.4, -0.2) is 30.4 Å². The third-order valence-corrected chi connectivity index (χ3v) is 3.59. The Morgan fingerprint density at radius 1 is 1.22 bits per heavy atom. The maximum absolute atomic E-state index is 12.7. The van der Waals surface area contributed by atoms with Crippen molar-refractivity contribution in [1.29, 1.82) is 0 Å². The number of phenolic OH excluding ortho intramolecular Hbond substituents is 1. The van der Waals surface area contributed by atoms with Crippen LogP contribution in [0.15, 0.2) is 47.6 Å². The van der Waals surface area contributed by atoms with E-state index in [0.29, 0.717) is 17.0 Å². The number of ether oxygens (including phenoxy) is 1. The van der Waals surface area contributed by atoms with Crippen LogP contribution in [0.5, 0.6) is 11.5 Å². The summed E-state index contributed by atoms with van der Waals surface area (Å²) in [5.74, 6) is -0.148. The number of hydrogen-bond acceptors (Lipinski definition) is 5. The van der Waals surface area contributed by atoms with Crippen LogP contribution in [0.3, 0.4) is 0 Å². The summed E-state index contributed by atoms with van der Waals surface area (Å²) in [6, 6.07) is 9.15. The van der Waals surface area contributed by atoms with Crippen molar-refractivity contribution in [1.82, 2.24) is 5.43 Å². The summed E-state index contributed by atoms with van der Waals surface area (Å²) in [5, 5.41) is 16.4. The molecule has 0 unspecified atom stereocenters. The van der Waals surface area contributed by atoms with Gasteiger partial charge in [-0.3, -0.25) is 4.79 Å². The second-order valence-corrected chi connectivity index (χ2v) is 5.55. The molecule has 0 aliphatic carbocycles. The van der Waals surface area contributed by atoms with Gasteiger partial charge in [0.15, 0.2) is 0 Å². The molecule has 2 rings (SSSR count). The van der Waals surface area contributed by atoms with Gasteiger partial charge in [-0.25, -0.2) is 5.43 Å². The number of phenols is 1. The van der Waals surface area contributed by atoms with Gasteiger partial charge in [0.2, 0.25) is 0 Å². The topological polar surface area (TPSA) is 83.0 Å². The Balaban J connectivity index is 1.95. The molecule has 3 N–H and O–H groups in total. The minimum Gasteiger partial charge on any atom is -0.507 e. The van der Waals surface area contributed by atoms with E-state index >= 15 is 0 Å². The molecule has 2 aromatic carbocycles. The Hall–Kier alpha value is -3.23. The molecular formula is C18H18F3N3O3. The van der Waals surface area contributed by atoms with Gasteiger partial charge in [-0.2, -0.15) is 18.3 Å². The molecule has 0 spiro atoms. The van der Waals surface area contributed by atoms with E-state index in [1.165, 1.54) is 25.3 Å². The number of anilines is 1. The molecule has 144 valence electrons. The lowest BCUT2D eigenvalue weighted by molar-refractivity contribution is -0.137. The van der Waals surface area contributed by atoms with E-state index < -0.39 is 17.6 Å². The van der Waals surface area contributed by atoms with Crippen molar-refractivity contribution in [2.45, 2.75) is 13.1 Å². The minimum absolute atomic E-state index is 0.0630. The Kier molecular flexibility index (Phi) is 6.27. The average molecular weight is 381 g/mol. The van der Waals surface area contributed by atoms with E-state index in [9.17, 15) is 23.1 Å². The van der Waals surface area contributed by atoms with E-state index in [1.807, 2.05) is 0 Å². The molecule has 0 heterocycles. The van der Waals surface area contributed by atoms with Crippen LogP contribution in [0.4, 0.5) is 18.9 Å². The molecule has 6 nitrogen and oxygen atoms in total. The highest BCUT2D eigenvalue weighted by Gasteiger charge is 2.30. The maximum Gasteiger partial charge on any atom is 0.416 e. The number of benzene rings is 2. The highest BCUT2D eigenvalue weighted by Crippen LogP contribution is 2.30. The molecule has 0 saturated carbocycles. The first-order valence-electron chi connectivity index (χ1n) is 7.82. The zero-order valence-electron chi connectivity index (χ0n) is 14.6. The fraction of sp³-hybridized carbons (Fsp3) is 0.222. The second-order valence-electron chi connectivity index (χ2n) is 5.55. The zero-order valence-corrected chi connectivity index (χ0v) is 14.6. The van der Waals surface area contributed by atoms with Gasteiger partial charge >= 0.3 is 6.18 Å². The van der Waals surface area contributed by atoms with Crippen molar-refractivity contribution in [3.05, 3.63) is 53.6 Å². The summed E-state index contributed by atoms with van der Waals surface area (Å²) in [4.78, 5) is 11.8. The Morgan fingerprint density at radius 2 is 1.96 bits per heavy atom. The van der Waals surface area contributed by atoms with Gasteiger partial charge in [-0.1, -0.05) is 6.07 Å². The van der Waals surface area contributed by atoms with E-state index in [1.54, 1.807) is 19.1 Å². The monoisotopic (exact) mass is 381 g/mol. The number of hydrogen-bond donors (Lipinski definition) is 3. The van der Waals surface area contributed by atoms with Gasteiger partial charge in [-0.05, 0) is 37.3 Å². The molecule has 27 heavy (non-hydrogen) atoms. The van der Waals surface area contributed by atoms with Crippen molar-refractivity contribution in [3.8, 4) is 11.5 Å². The highest BCUT2D eigenvalue weighted by molar-refractivity contribution is 6.01. The van der Waals surface area contributed by atoms with Crippen LogP contribution in [0.1, 0.15) is 18.1 Å². The van der Waals surface area contributed by atoms with Crippen LogP contribution in [0, 0.1) is 0 Å². The Bertz CT molecular complexity index is 851. The smallest absolute Gasteiger partial charge is 0.416 e. The van der Waals surface area contributed by atoms with Crippen LogP contribution in [0.2, 0.25) is 0 Å². The molecular weight excluding hydrogens is 363 g/mol. The molecule has 9 heteroatoms. The molecule has 0 saturated heterocycles. The molecule has 0 aromatic heterocycles. The first kappa shape index (κ1) is 20.1. The summed E-state index contributed by atoms with van der Waals surface area (Å²) in [6.45, 7) is 1.31. The number of carbonyl (C=O) groups excluding carboxylic acids is 1. The lowest BCUT2D eigenvalue weighted by atomic mass is 10.1. The quantitative estimate of drug-likeness (QED) is 0.529. The van der Waals surface area contributed by atoms with Gasteiger partial charge in [0.05, 0.1) is 24.9 Å². The fourth-order valence-electron chi connectivity index (χ4n) is 2.18. The van der Waals surface area contributed by atoms with Crippen molar-refractivity contribution < 1.29 is 27.8 Å². The van der Waals surface area contributed by atoms with E-state index in [-0.39, 0.29) is 18.0 Å². The van der Waals surface area contributed by atoms with Gasteiger partial charge in [-0.15, -0.1) is 0 Å². The molecule has 0 aliphatic heterocycles. The van der Waals surface area contributed by atoms with Crippen LogP contribution in [-0.2, 0) is 11.0 Å². The lowest BCUT2D eigenvalue weighted by Crippen LogP contribution is -2.26. The molecule has 1 amide bonds. The first-order valence-corrected chi connectivity index (χ1v) is 7.82. The SMILES string of the molecule is COc1ccc(/C(C)=N/NC(=O)CNc2cccc(C(F)(F)F)c2)c(O)c1. The summed E-state index contributed by atoms with van der Waals surface area (Å²) in [7, 11) is 1.47. The summed E-state index contributed by atoms with van der Waals surface area (Å²) >= 11 is 0. The molecule has 0 fully saturated rings. The van der Waals surface area contributed by atoms with E-state index in [4.69, 9.17) is 4.74 Å². The largest absolute Gasteiger partial charge is 0.507 e. The first-order chi connectivity index (χ1) is 12.7. The number of nitrogens with one attached hydrogen (secondary N) is 2. The fourth-order valence-corrected chi connectivity index (χ4v) is 2.18. The van der Waals surface area contributed by atoms with Gasteiger partial charge in [0.25, 0.3) is 5.91 Å². The maximum atomic E-state index is 12.7. The third-order valence-electron chi connectivity index (χ3n) is 3.59. The van der Waals surface area contributed by atoms with Crippen molar-refractivity contribution in [2.75, 3.05) is 19.0 Å². The van der Waals surface area contributed by atoms with Crippen molar-refractivity contribution in [3.63, 3.8) is 0 Å². The lowest BCUT2D eigenvalue weighted by Gasteiger charge is -2.10. The summed E-state index contributed by atoms with van der Waals surface area (Å²) in [5.41, 5.74) is 2.38. The number of methoxy groups -OCH3 is 1. The number of amides is 1. The number of rotatable bonds is 6. The van der Waals surface area contributed by atoms with E-state index in [2.05, 4.69) is 15.8 Å². The highest BCUT2D eigenvalue weighted by atomic mass is 19.4. The third kappa shape index (κ3) is 5.63. The number of aromatic hydroxyl groups is 1. The van der Waals surface area contributed by atoms with Crippen LogP contribution >= 0.6 is 0 Å². The second kappa shape index (κ2) is 8.43. The molecule has 0 atom stereocenters. The van der Waals surface area contributed by atoms with Crippen LogP contribution < -0.4 is 15.5 Å². The normalized spacial score (nSPS) is 11.8.